The maximum absolute atomic E-state index is 12.8. The summed E-state index contributed by atoms with van der Waals surface area (Å²) < 4.78 is 5.61. The van der Waals surface area contributed by atoms with Gasteiger partial charge in [-0.15, -0.1) is 0 Å². The summed E-state index contributed by atoms with van der Waals surface area (Å²) in [5, 5.41) is 0.624. The van der Waals surface area contributed by atoms with E-state index in [0.717, 1.165) is 5.75 Å². The summed E-state index contributed by atoms with van der Waals surface area (Å²) in [5.41, 5.74) is 0.679. The van der Waals surface area contributed by atoms with Gasteiger partial charge in [-0.2, -0.15) is 0 Å². The highest BCUT2D eigenvalue weighted by Crippen LogP contribution is 2.32. The SMILES string of the molecule is CCOc1ccccc1N=C1SCC(C)N1C(=O)CCN1C(=O)CCC1=O. The monoisotopic (exact) mass is 389 g/mol. The van der Waals surface area contributed by atoms with Crippen molar-refractivity contribution < 1.29 is 19.1 Å². The van der Waals surface area contributed by atoms with Crippen LogP contribution < -0.4 is 4.74 Å². The molecule has 2 aliphatic rings. The number of para-hydroxylation sites is 2. The first kappa shape index (κ1) is 19.4. The smallest absolute Gasteiger partial charge is 0.230 e. The number of aliphatic imine (C=N–C) groups is 1. The van der Waals surface area contributed by atoms with Gasteiger partial charge < -0.3 is 4.74 Å². The van der Waals surface area contributed by atoms with Crippen LogP contribution in [-0.2, 0) is 14.4 Å². The van der Waals surface area contributed by atoms with Crippen LogP contribution in [0.4, 0.5) is 5.69 Å². The highest BCUT2D eigenvalue weighted by molar-refractivity contribution is 8.14. The molecular formula is C19H23N3O4S. The molecule has 2 fully saturated rings. The van der Waals surface area contributed by atoms with Gasteiger partial charge in [0.25, 0.3) is 0 Å². The Hall–Kier alpha value is -2.35. The van der Waals surface area contributed by atoms with E-state index in [4.69, 9.17) is 4.74 Å². The van der Waals surface area contributed by atoms with Crippen LogP contribution in [0, 0.1) is 0 Å². The van der Waals surface area contributed by atoms with E-state index in [9.17, 15) is 14.4 Å². The van der Waals surface area contributed by atoms with Crippen molar-refractivity contribution >= 4 is 40.3 Å². The van der Waals surface area contributed by atoms with E-state index in [2.05, 4.69) is 4.99 Å². The number of rotatable bonds is 6. The van der Waals surface area contributed by atoms with Crippen LogP contribution in [0.1, 0.15) is 33.1 Å². The molecule has 8 heteroatoms. The molecule has 0 spiro atoms. The molecule has 0 aromatic heterocycles. The molecule has 1 aromatic carbocycles. The topological polar surface area (TPSA) is 79.3 Å². The molecule has 7 nitrogen and oxygen atoms in total. The minimum Gasteiger partial charge on any atom is -0.492 e. The number of likely N-dealkylation sites (tertiary alicyclic amines) is 1. The number of amidine groups is 1. The number of benzene rings is 1. The van der Waals surface area contributed by atoms with Crippen molar-refractivity contribution in [2.75, 3.05) is 18.9 Å². The van der Waals surface area contributed by atoms with Gasteiger partial charge in [0.15, 0.2) is 5.17 Å². The quantitative estimate of drug-likeness (QED) is 0.699. The van der Waals surface area contributed by atoms with Crippen LogP contribution in [0.15, 0.2) is 29.3 Å². The van der Waals surface area contributed by atoms with Gasteiger partial charge in [0, 0.05) is 37.6 Å². The molecule has 2 aliphatic heterocycles. The van der Waals surface area contributed by atoms with Crippen LogP contribution in [0.2, 0.25) is 0 Å². The van der Waals surface area contributed by atoms with E-state index < -0.39 is 0 Å². The van der Waals surface area contributed by atoms with Gasteiger partial charge in [0.05, 0.1) is 6.61 Å². The molecule has 1 aromatic rings. The van der Waals surface area contributed by atoms with Gasteiger partial charge in [-0.05, 0) is 26.0 Å². The second kappa shape index (κ2) is 8.56. The number of nitrogens with zero attached hydrogens (tertiary/aromatic N) is 3. The van der Waals surface area contributed by atoms with Gasteiger partial charge in [-0.1, -0.05) is 23.9 Å². The lowest BCUT2D eigenvalue weighted by Crippen LogP contribution is -2.40. The molecule has 3 amide bonds. The van der Waals surface area contributed by atoms with Crippen LogP contribution in [0.3, 0.4) is 0 Å². The predicted molar refractivity (Wildman–Crippen MR) is 104 cm³/mol. The van der Waals surface area contributed by atoms with E-state index >= 15 is 0 Å². The van der Waals surface area contributed by atoms with Crippen LogP contribution in [0.5, 0.6) is 5.75 Å². The number of carbonyl (C=O) groups is 3. The van der Waals surface area contributed by atoms with Gasteiger partial charge in [-0.3, -0.25) is 24.2 Å². The first-order chi connectivity index (χ1) is 13.0. The Morgan fingerprint density at radius 1 is 1.26 bits per heavy atom. The Kier molecular flexibility index (Phi) is 6.15. The van der Waals surface area contributed by atoms with Crippen molar-refractivity contribution in [1.29, 1.82) is 0 Å². The average molecular weight is 389 g/mol. The molecule has 2 saturated heterocycles. The second-order valence-corrected chi connectivity index (χ2v) is 7.40. The fourth-order valence-electron chi connectivity index (χ4n) is 3.10. The largest absolute Gasteiger partial charge is 0.492 e. The van der Waals surface area contributed by atoms with Gasteiger partial charge in [0.1, 0.15) is 11.4 Å². The Morgan fingerprint density at radius 3 is 2.67 bits per heavy atom. The highest BCUT2D eigenvalue weighted by Gasteiger charge is 2.34. The summed E-state index contributed by atoms with van der Waals surface area (Å²) in [5.74, 6) is 0.900. The summed E-state index contributed by atoms with van der Waals surface area (Å²) in [6.07, 6.45) is 0.586. The molecule has 0 saturated carbocycles. The van der Waals surface area contributed by atoms with Crippen LogP contribution >= 0.6 is 11.8 Å². The molecule has 27 heavy (non-hydrogen) atoms. The van der Waals surface area contributed by atoms with Gasteiger partial charge >= 0.3 is 0 Å². The Balaban J connectivity index is 1.74. The van der Waals surface area contributed by atoms with E-state index in [-0.39, 0.29) is 49.6 Å². The van der Waals surface area contributed by atoms with Gasteiger partial charge in [0.2, 0.25) is 17.7 Å². The molecule has 0 N–H and O–H groups in total. The minimum absolute atomic E-state index is 0.00508. The molecule has 0 radical (unpaired) electrons. The minimum atomic E-state index is -0.198. The Morgan fingerprint density at radius 2 is 1.96 bits per heavy atom. The summed E-state index contributed by atoms with van der Waals surface area (Å²) in [7, 11) is 0. The Bertz CT molecular complexity index is 764. The van der Waals surface area contributed by atoms with Crippen molar-refractivity contribution in [2.24, 2.45) is 4.99 Å². The summed E-state index contributed by atoms with van der Waals surface area (Å²) >= 11 is 1.52. The number of ether oxygens (including phenoxy) is 1. The zero-order valence-electron chi connectivity index (χ0n) is 15.5. The second-order valence-electron chi connectivity index (χ2n) is 6.41. The fourth-order valence-corrected chi connectivity index (χ4v) is 4.22. The zero-order valence-corrected chi connectivity index (χ0v) is 16.3. The number of carbonyl (C=O) groups excluding carboxylic acids is 3. The van der Waals surface area contributed by atoms with Crippen LogP contribution in [-0.4, -0.2) is 57.6 Å². The maximum atomic E-state index is 12.8. The van der Waals surface area contributed by atoms with Gasteiger partial charge in [-0.25, -0.2) is 4.99 Å². The highest BCUT2D eigenvalue weighted by atomic mass is 32.2. The number of imide groups is 1. The molecular weight excluding hydrogens is 366 g/mol. The van der Waals surface area contributed by atoms with Crippen molar-refractivity contribution in [3.63, 3.8) is 0 Å². The van der Waals surface area contributed by atoms with E-state index in [1.165, 1.54) is 16.7 Å². The molecule has 0 aliphatic carbocycles. The lowest BCUT2D eigenvalue weighted by atomic mass is 10.2. The normalized spacial score (nSPS) is 21.4. The number of hydrogen-bond donors (Lipinski definition) is 0. The van der Waals surface area contributed by atoms with Crippen molar-refractivity contribution in [3.8, 4) is 5.75 Å². The standard InChI is InChI=1S/C19H23N3O4S/c1-3-26-15-7-5-4-6-14(15)20-19-22(13(2)12-27-19)18(25)10-11-21-16(23)8-9-17(21)24/h4-7,13H,3,8-12H2,1-2H3. The number of thioether (sulfide) groups is 1. The number of amides is 3. The average Bonchev–Trinajstić information content (AvgIpc) is 3.17. The zero-order chi connectivity index (χ0) is 19.4. The third-order valence-electron chi connectivity index (χ3n) is 4.45. The van der Waals surface area contributed by atoms with Crippen molar-refractivity contribution in [1.82, 2.24) is 9.80 Å². The van der Waals surface area contributed by atoms with E-state index in [1.807, 2.05) is 38.1 Å². The Labute approximate surface area is 162 Å². The fraction of sp³-hybridized carbons (Fsp3) is 0.474. The van der Waals surface area contributed by atoms with E-state index in [0.29, 0.717) is 23.2 Å². The first-order valence-corrected chi connectivity index (χ1v) is 10.1. The third-order valence-corrected chi connectivity index (χ3v) is 5.65. The lowest BCUT2D eigenvalue weighted by molar-refractivity contribution is -0.139. The first-order valence-electron chi connectivity index (χ1n) is 9.09. The summed E-state index contributed by atoms with van der Waals surface area (Å²) in [6, 6.07) is 7.47. The molecule has 0 bridgehead atoms. The van der Waals surface area contributed by atoms with Crippen molar-refractivity contribution in [3.05, 3.63) is 24.3 Å². The number of hydrogen-bond acceptors (Lipinski definition) is 6. The third kappa shape index (κ3) is 4.32. The van der Waals surface area contributed by atoms with Crippen molar-refractivity contribution in [2.45, 2.75) is 39.2 Å². The molecule has 1 unspecified atom stereocenters. The lowest BCUT2D eigenvalue weighted by Gasteiger charge is -2.22. The summed E-state index contributed by atoms with van der Waals surface area (Å²) in [6.45, 7) is 4.54. The molecule has 2 heterocycles. The predicted octanol–water partition coefficient (Wildman–Crippen LogP) is 2.58. The molecule has 3 rings (SSSR count). The molecule has 144 valence electrons. The molecule has 1 atom stereocenters. The maximum Gasteiger partial charge on any atom is 0.230 e. The van der Waals surface area contributed by atoms with Crippen LogP contribution in [0.25, 0.3) is 0 Å². The summed E-state index contributed by atoms with van der Waals surface area (Å²) in [4.78, 5) is 43.7. The van der Waals surface area contributed by atoms with E-state index in [1.54, 1.807) is 4.90 Å².